The first-order valence-corrected chi connectivity index (χ1v) is 25.5. The van der Waals surface area contributed by atoms with Gasteiger partial charge in [-0.2, -0.15) is 10.2 Å². The molecule has 77 heavy (non-hydrogen) atoms. The summed E-state index contributed by atoms with van der Waals surface area (Å²) in [6.45, 7) is 4.80. The van der Waals surface area contributed by atoms with Crippen molar-refractivity contribution in [3.8, 4) is 11.5 Å². The van der Waals surface area contributed by atoms with Crippen LogP contribution in [-0.2, 0) is 85.1 Å². The van der Waals surface area contributed by atoms with Crippen molar-refractivity contribution in [1.29, 1.82) is 0 Å². The Morgan fingerprint density at radius 1 is 0.623 bits per heavy atom. The molecule has 2 aromatic heterocycles. The van der Waals surface area contributed by atoms with Crippen LogP contribution < -0.4 is 19.3 Å². The Hall–Kier alpha value is -7.51. The fourth-order valence-corrected chi connectivity index (χ4v) is 10.5. The van der Waals surface area contributed by atoms with Gasteiger partial charge in [0.25, 0.3) is 0 Å². The van der Waals surface area contributed by atoms with E-state index in [0.717, 1.165) is 46.0 Å². The Bertz CT molecular complexity index is 3110. The molecule has 0 bridgehead atoms. The van der Waals surface area contributed by atoms with Crippen LogP contribution in [0.2, 0.25) is 0 Å². The molecule has 1 fully saturated rings. The average Bonchev–Trinajstić information content (AvgIpc) is 4.11. The van der Waals surface area contributed by atoms with Crippen molar-refractivity contribution >= 4 is 40.5 Å². The molecule has 1 spiro atoms. The van der Waals surface area contributed by atoms with Gasteiger partial charge in [0.15, 0.2) is 17.4 Å². The average molecular weight is 1060 g/mol. The van der Waals surface area contributed by atoms with Crippen LogP contribution >= 0.6 is 0 Å². The number of hydrogen-bond donors (Lipinski definition) is 0. The second kappa shape index (κ2) is 24.2. The lowest BCUT2D eigenvalue weighted by Gasteiger charge is -2.31. The third kappa shape index (κ3) is 13.5. The second-order valence-electron chi connectivity index (χ2n) is 19.9. The molecule has 15 nitrogen and oxygen atoms in total. The van der Waals surface area contributed by atoms with E-state index in [9.17, 15) is 41.5 Å². The normalized spacial score (nSPS) is 15.2. The Labute approximate surface area is 444 Å². The molecule has 1 aliphatic heterocycles. The van der Waals surface area contributed by atoms with E-state index in [1.807, 2.05) is 13.8 Å². The Morgan fingerprint density at radius 2 is 1.04 bits per heavy atom. The SMILES string of the molecule is COc1ccc(N(C)C(=O)[C@@H](CC(=O)Cn2nc(C)c3c2CCC(=O)C3)Cc2cc(F)cc(F)c2)cc1.COc1ccc(N(C)C(=O)[C@@H](CC(=O)Cn2nc(C)c3c2CCC2(C3)OCCO2)Cc2cc(F)cc(F)c2)cc1. The van der Waals surface area contributed by atoms with Gasteiger partial charge < -0.3 is 28.7 Å². The van der Waals surface area contributed by atoms with Crippen molar-refractivity contribution in [3.63, 3.8) is 0 Å². The summed E-state index contributed by atoms with van der Waals surface area (Å²) in [5.41, 5.74) is 7.08. The molecule has 0 unspecified atom stereocenters. The number of ketones is 3. The van der Waals surface area contributed by atoms with Crippen molar-refractivity contribution in [2.45, 2.75) is 96.9 Å². The van der Waals surface area contributed by atoms with E-state index < -0.39 is 40.9 Å². The summed E-state index contributed by atoms with van der Waals surface area (Å²) in [5.74, 6) is -4.96. The monoisotopic (exact) mass is 1060 g/mol. The number of carbonyl (C=O) groups excluding carboxylic acids is 5. The van der Waals surface area contributed by atoms with Crippen LogP contribution in [0.25, 0.3) is 0 Å². The molecule has 6 aromatic rings. The predicted octanol–water partition coefficient (Wildman–Crippen LogP) is 8.21. The number of aryl methyl sites for hydroxylation is 2. The number of nitrogens with zero attached hydrogens (tertiary/aromatic N) is 6. The van der Waals surface area contributed by atoms with Crippen LogP contribution in [0.15, 0.2) is 84.9 Å². The summed E-state index contributed by atoms with van der Waals surface area (Å²) < 4.78 is 81.1. The lowest BCUT2D eigenvalue weighted by atomic mass is 9.90. The van der Waals surface area contributed by atoms with Crippen molar-refractivity contribution in [2.75, 3.05) is 51.3 Å². The standard InChI is InChI=1S/C30H33F2N3O5.C28H29F2N3O4/c1-19-27-17-30(39-10-11-40-30)9-8-28(27)35(33-19)18-25(36)15-21(12-20-13-22(31)16-23(32)14-20)29(37)34(2)24-4-6-26(38-3)7-5-24;1-17-26-15-23(34)6-9-27(26)33(31-17)16-24(35)13-19(10-18-11-20(29)14-21(30)12-18)28(36)32(2)22-4-7-25(37-3)8-5-22/h4-7,13-14,16,21H,8-12,15,17-18H2,1-3H3;4-5,7-8,11-12,14,19H,6,9-10,13,15-16H2,1-3H3/t21-;19-/m11/s1. The molecule has 1 saturated heterocycles. The first-order chi connectivity index (χ1) is 36.8. The largest absolute Gasteiger partial charge is 0.497 e. The number of ether oxygens (including phenoxy) is 4. The van der Waals surface area contributed by atoms with Gasteiger partial charge in [0.05, 0.1) is 51.9 Å². The topological polar surface area (TPSA) is 164 Å². The van der Waals surface area contributed by atoms with Crippen molar-refractivity contribution in [3.05, 3.63) is 153 Å². The zero-order chi connectivity index (χ0) is 55.1. The molecule has 0 saturated carbocycles. The minimum absolute atomic E-state index is 0.00156. The van der Waals surface area contributed by atoms with Gasteiger partial charge in [-0.15, -0.1) is 0 Å². The number of aromatic nitrogens is 4. The fraction of sp³-hybridized carbons (Fsp3) is 0.397. The lowest BCUT2D eigenvalue weighted by Crippen LogP contribution is -2.37. The fourth-order valence-electron chi connectivity index (χ4n) is 10.5. The summed E-state index contributed by atoms with van der Waals surface area (Å²) in [6, 6.07) is 20.1. The molecule has 19 heteroatoms. The molecule has 4 aromatic carbocycles. The highest BCUT2D eigenvalue weighted by Crippen LogP contribution is 2.37. The summed E-state index contributed by atoms with van der Waals surface area (Å²) in [7, 11) is 6.30. The Morgan fingerprint density at radius 3 is 1.47 bits per heavy atom. The molecule has 2 atom stereocenters. The number of halogens is 4. The highest BCUT2D eigenvalue weighted by molar-refractivity contribution is 5.98. The zero-order valence-electron chi connectivity index (χ0n) is 44.0. The van der Waals surface area contributed by atoms with Gasteiger partial charge in [-0.1, -0.05) is 0 Å². The maximum atomic E-state index is 14.0. The van der Waals surface area contributed by atoms with Gasteiger partial charge in [0.2, 0.25) is 11.8 Å². The van der Waals surface area contributed by atoms with E-state index in [2.05, 4.69) is 10.2 Å². The van der Waals surface area contributed by atoms with E-state index >= 15 is 0 Å². The van der Waals surface area contributed by atoms with Gasteiger partial charge in [0, 0.05) is 110 Å². The molecule has 3 heterocycles. The van der Waals surface area contributed by atoms with Gasteiger partial charge >= 0.3 is 0 Å². The van der Waals surface area contributed by atoms with Crippen LogP contribution in [0.3, 0.4) is 0 Å². The number of fused-ring (bicyclic) bond motifs is 2. The number of methoxy groups -OCH3 is 2. The highest BCUT2D eigenvalue weighted by Gasteiger charge is 2.42. The van der Waals surface area contributed by atoms with E-state index in [1.165, 1.54) is 34.1 Å². The van der Waals surface area contributed by atoms with Gasteiger partial charge in [0.1, 0.15) is 40.6 Å². The maximum absolute atomic E-state index is 14.0. The van der Waals surface area contributed by atoms with E-state index in [-0.39, 0.29) is 73.5 Å². The van der Waals surface area contributed by atoms with Gasteiger partial charge in [-0.05, 0) is 123 Å². The predicted molar refractivity (Wildman–Crippen MR) is 277 cm³/mol. The number of hydrogen-bond acceptors (Lipinski definition) is 11. The summed E-state index contributed by atoms with van der Waals surface area (Å²) in [4.78, 5) is 68.5. The summed E-state index contributed by atoms with van der Waals surface area (Å²) in [6.07, 6.45) is 2.92. The van der Waals surface area contributed by atoms with E-state index in [0.29, 0.717) is 80.2 Å². The maximum Gasteiger partial charge on any atom is 0.230 e. The molecule has 406 valence electrons. The molecule has 0 radical (unpaired) electrons. The third-order valence-electron chi connectivity index (χ3n) is 14.4. The Balaban J connectivity index is 0.000000204. The first-order valence-electron chi connectivity index (χ1n) is 25.5. The molecule has 2 aliphatic carbocycles. The van der Waals surface area contributed by atoms with Crippen molar-refractivity contribution in [1.82, 2.24) is 19.6 Å². The third-order valence-corrected chi connectivity index (χ3v) is 14.4. The smallest absolute Gasteiger partial charge is 0.230 e. The van der Waals surface area contributed by atoms with Gasteiger partial charge in [-0.25, -0.2) is 17.6 Å². The van der Waals surface area contributed by atoms with Crippen LogP contribution in [0, 0.1) is 49.0 Å². The molecule has 0 N–H and O–H groups in total. The number of anilines is 2. The number of Topliss-reactive ketones (excluding diaryl/α,β-unsaturated/α-hetero) is 3. The molecule has 3 aliphatic rings. The summed E-state index contributed by atoms with van der Waals surface area (Å²) in [5, 5.41) is 9.09. The molecule has 2 amide bonds. The van der Waals surface area contributed by atoms with Crippen LogP contribution in [-0.4, -0.2) is 96.0 Å². The first kappa shape index (κ1) is 55.7. The van der Waals surface area contributed by atoms with Crippen LogP contribution in [0.4, 0.5) is 28.9 Å². The quantitative estimate of drug-likeness (QED) is 0.0763. The summed E-state index contributed by atoms with van der Waals surface area (Å²) >= 11 is 0. The van der Waals surface area contributed by atoms with Crippen molar-refractivity contribution < 1.29 is 60.5 Å². The number of rotatable bonds is 18. The minimum atomic E-state index is -0.852. The number of amides is 2. The van der Waals surface area contributed by atoms with E-state index in [4.69, 9.17) is 18.9 Å². The Kier molecular flexibility index (Phi) is 17.5. The van der Waals surface area contributed by atoms with Crippen LogP contribution in [0.5, 0.6) is 11.5 Å². The second-order valence-corrected chi connectivity index (χ2v) is 19.9. The highest BCUT2D eigenvalue weighted by atomic mass is 19.1. The number of benzene rings is 4. The lowest BCUT2D eigenvalue weighted by molar-refractivity contribution is -0.164. The zero-order valence-corrected chi connectivity index (χ0v) is 44.0. The van der Waals surface area contributed by atoms with E-state index in [1.54, 1.807) is 86.2 Å². The molecular weight excluding hydrogens is 1000 g/mol. The molecular formula is C58H62F4N6O9. The van der Waals surface area contributed by atoms with Crippen LogP contribution in [0.1, 0.15) is 70.7 Å². The van der Waals surface area contributed by atoms with Gasteiger partial charge in [-0.3, -0.25) is 33.3 Å². The number of carbonyl (C=O) groups is 5. The van der Waals surface area contributed by atoms with Crippen molar-refractivity contribution in [2.24, 2.45) is 11.8 Å². The molecule has 9 rings (SSSR count). The minimum Gasteiger partial charge on any atom is -0.497 e.